The second kappa shape index (κ2) is 6.94. The van der Waals surface area contributed by atoms with Crippen LogP contribution in [0.25, 0.3) is 0 Å². The predicted molar refractivity (Wildman–Crippen MR) is 52.8 cm³/mol. The molecule has 0 saturated heterocycles. The number of benzene rings is 1. The Morgan fingerprint density at radius 2 is 2.00 bits per heavy atom. The number of carbonyl (C=O) groups is 1. The van der Waals surface area contributed by atoms with Crippen molar-refractivity contribution < 1.29 is 19.7 Å². The van der Waals surface area contributed by atoms with Gasteiger partial charge in [0.1, 0.15) is 13.3 Å². The lowest BCUT2D eigenvalue weighted by molar-refractivity contribution is -0.307. The Balaban J connectivity index is 2.00. The fourth-order valence-corrected chi connectivity index (χ4v) is 0.925. The van der Waals surface area contributed by atoms with Gasteiger partial charge in [-0.05, 0) is 5.56 Å². The third kappa shape index (κ3) is 5.79. The maximum absolute atomic E-state index is 10.1. The molecule has 0 fully saturated rings. The number of carboxylic acids is 1. The standard InChI is InChI=1S/C10H13NO4/c12-10(13)6-11-8-15-14-7-9-4-2-1-3-5-9/h1-5,11H,6-8H2,(H,12,13). The van der Waals surface area contributed by atoms with Gasteiger partial charge >= 0.3 is 5.97 Å². The molecule has 0 aliphatic heterocycles. The van der Waals surface area contributed by atoms with Gasteiger partial charge in [-0.15, -0.1) is 0 Å². The molecule has 0 aromatic heterocycles. The number of aliphatic carboxylic acids is 1. The summed E-state index contributed by atoms with van der Waals surface area (Å²) in [6, 6.07) is 9.55. The molecular weight excluding hydrogens is 198 g/mol. The number of hydrogen-bond donors (Lipinski definition) is 2. The molecule has 0 saturated carbocycles. The summed E-state index contributed by atoms with van der Waals surface area (Å²) < 4.78 is 0. The number of carboxylic acid groups (broad SMARTS) is 1. The lowest BCUT2D eigenvalue weighted by atomic mass is 10.2. The van der Waals surface area contributed by atoms with Crippen LogP contribution in [0.4, 0.5) is 0 Å². The van der Waals surface area contributed by atoms with Crippen LogP contribution < -0.4 is 5.32 Å². The lowest BCUT2D eigenvalue weighted by Crippen LogP contribution is -2.25. The first-order chi connectivity index (χ1) is 7.29. The fourth-order valence-electron chi connectivity index (χ4n) is 0.925. The summed E-state index contributed by atoms with van der Waals surface area (Å²) in [4.78, 5) is 19.7. The summed E-state index contributed by atoms with van der Waals surface area (Å²) in [5.74, 6) is -0.929. The van der Waals surface area contributed by atoms with Crippen molar-refractivity contribution in [3.63, 3.8) is 0 Å². The van der Waals surface area contributed by atoms with Crippen LogP contribution in [0.1, 0.15) is 5.56 Å². The van der Waals surface area contributed by atoms with Gasteiger partial charge in [-0.1, -0.05) is 30.3 Å². The van der Waals surface area contributed by atoms with Crippen LogP contribution >= 0.6 is 0 Å². The molecule has 0 amide bonds. The summed E-state index contributed by atoms with van der Waals surface area (Å²) >= 11 is 0. The van der Waals surface area contributed by atoms with Gasteiger partial charge in [0.2, 0.25) is 0 Å². The van der Waals surface area contributed by atoms with Crippen LogP contribution in [-0.2, 0) is 21.2 Å². The average Bonchev–Trinajstić information content (AvgIpc) is 2.24. The van der Waals surface area contributed by atoms with Crippen molar-refractivity contribution in [2.45, 2.75) is 6.61 Å². The molecule has 1 rings (SSSR count). The first-order valence-electron chi connectivity index (χ1n) is 4.50. The minimum atomic E-state index is -0.929. The number of nitrogens with one attached hydrogen (secondary N) is 1. The smallest absolute Gasteiger partial charge is 0.317 e. The molecule has 82 valence electrons. The Labute approximate surface area is 87.6 Å². The summed E-state index contributed by atoms with van der Waals surface area (Å²) in [7, 11) is 0. The Bertz CT molecular complexity index is 289. The molecule has 2 N–H and O–H groups in total. The zero-order valence-electron chi connectivity index (χ0n) is 8.18. The minimum absolute atomic E-state index is 0.0547. The maximum Gasteiger partial charge on any atom is 0.317 e. The molecular formula is C10H13NO4. The minimum Gasteiger partial charge on any atom is -0.480 e. The van der Waals surface area contributed by atoms with E-state index >= 15 is 0 Å². The zero-order valence-corrected chi connectivity index (χ0v) is 8.18. The maximum atomic E-state index is 10.1. The van der Waals surface area contributed by atoms with Gasteiger partial charge in [-0.25, -0.2) is 9.78 Å². The molecule has 0 spiro atoms. The highest BCUT2D eigenvalue weighted by Crippen LogP contribution is 1.99. The van der Waals surface area contributed by atoms with E-state index < -0.39 is 5.97 Å². The van der Waals surface area contributed by atoms with E-state index in [-0.39, 0.29) is 13.3 Å². The highest BCUT2D eigenvalue weighted by atomic mass is 17.2. The molecule has 0 radical (unpaired) electrons. The first-order valence-corrected chi connectivity index (χ1v) is 4.50. The van der Waals surface area contributed by atoms with E-state index in [0.29, 0.717) is 6.61 Å². The second-order valence-electron chi connectivity index (χ2n) is 2.83. The van der Waals surface area contributed by atoms with Gasteiger partial charge in [0.15, 0.2) is 0 Å². The molecule has 15 heavy (non-hydrogen) atoms. The van der Waals surface area contributed by atoms with Crippen molar-refractivity contribution in [3.05, 3.63) is 35.9 Å². The Hall–Kier alpha value is -1.43. The monoisotopic (exact) mass is 211 g/mol. The van der Waals surface area contributed by atoms with Crippen LogP contribution in [-0.4, -0.2) is 24.4 Å². The summed E-state index contributed by atoms with van der Waals surface area (Å²) in [5, 5.41) is 10.8. The van der Waals surface area contributed by atoms with Crippen LogP contribution in [0.5, 0.6) is 0 Å². The Morgan fingerprint density at radius 1 is 1.27 bits per heavy atom. The average molecular weight is 211 g/mol. The van der Waals surface area contributed by atoms with Crippen molar-refractivity contribution in [2.75, 3.05) is 13.3 Å². The molecule has 1 aromatic carbocycles. The van der Waals surface area contributed by atoms with E-state index in [1.165, 1.54) is 0 Å². The van der Waals surface area contributed by atoms with Gasteiger partial charge in [-0.3, -0.25) is 10.1 Å². The van der Waals surface area contributed by atoms with E-state index in [1.807, 2.05) is 30.3 Å². The largest absolute Gasteiger partial charge is 0.480 e. The van der Waals surface area contributed by atoms with E-state index in [0.717, 1.165) is 5.56 Å². The molecule has 0 atom stereocenters. The highest BCUT2D eigenvalue weighted by Gasteiger charge is 1.95. The molecule has 0 bridgehead atoms. The van der Waals surface area contributed by atoms with Crippen molar-refractivity contribution in [1.82, 2.24) is 5.32 Å². The first kappa shape index (κ1) is 11.6. The van der Waals surface area contributed by atoms with E-state index in [4.69, 9.17) is 14.9 Å². The van der Waals surface area contributed by atoms with Crippen molar-refractivity contribution >= 4 is 5.97 Å². The molecule has 1 aromatic rings. The van der Waals surface area contributed by atoms with E-state index in [2.05, 4.69) is 5.32 Å². The van der Waals surface area contributed by atoms with Crippen LogP contribution in [0.3, 0.4) is 0 Å². The van der Waals surface area contributed by atoms with Crippen molar-refractivity contribution in [1.29, 1.82) is 0 Å². The number of rotatable bonds is 7. The topological polar surface area (TPSA) is 67.8 Å². The Morgan fingerprint density at radius 3 is 2.67 bits per heavy atom. The zero-order chi connectivity index (χ0) is 10.9. The van der Waals surface area contributed by atoms with E-state index in [1.54, 1.807) is 0 Å². The highest BCUT2D eigenvalue weighted by molar-refractivity contribution is 5.68. The van der Waals surface area contributed by atoms with Crippen LogP contribution in [0, 0.1) is 0 Å². The fraction of sp³-hybridized carbons (Fsp3) is 0.300. The van der Waals surface area contributed by atoms with Gasteiger partial charge < -0.3 is 5.11 Å². The van der Waals surface area contributed by atoms with Crippen molar-refractivity contribution in [2.24, 2.45) is 0 Å². The van der Waals surface area contributed by atoms with Crippen molar-refractivity contribution in [3.8, 4) is 0 Å². The normalized spacial score (nSPS) is 10.1. The molecule has 0 heterocycles. The van der Waals surface area contributed by atoms with Crippen LogP contribution in [0.15, 0.2) is 30.3 Å². The second-order valence-corrected chi connectivity index (χ2v) is 2.83. The molecule has 5 heteroatoms. The van der Waals surface area contributed by atoms with Gasteiger partial charge in [0.25, 0.3) is 0 Å². The quantitative estimate of drug-likeness (QED) is 0.302. The molecule has 5 nitrogen and oxygen atoms in total. The van der Waals surface area contributed by atoms with Gasteiger partial charge in [0, 0.05) is 0 Å². The predicted octanol–water partition coefficient (Wildman–Crippen LogP) is 0.766. The molecule has 0 aliphatic rings. The van der Waals surface area contributed by atoms with Crippen LogP contribution in [0.2, 0.25) is 0 Å². The summed E-state index contributed by atoms with van der Waals surface area (Å²) in [6.07, 6.45) is 0. The lowest BCUT2D eigenvalue weighted by Gasteiger charge is -2.04. The van der Waals surface area contributed by atoms with E-state index in [9.17, 15) is 4.79 Å². The summed E-state index contributed by atoms with van der Waals surface area (Å²) in [5.41, 5.74) is 0.996. The van der Waals surface area contributed by atoms with Gasteiger partial charge in [-0.2, -0.15) is 0 Å². The molecule has 0 unspecified atom stereocenters. The third-order valence-electron chi connectivity index (χ3n) is 1.59. The third-order valence-corrected chi connectivity index (χ3v) is 1.59. The Kier molecular flexibility index (Phi) is 5.39. The number of hydrogen-bond acceptors (Lipinski definition) is 4. The molecule has 0 aliphatic carbocycles. The summed E-state index contributed by atoms with van der Waals surface area (Å²) in [6.45, 7) is 0.253. The van der Waals surface area contributed by atoms with Gasteiger partial charge in [0.05, 0.1) is 6.54 Å². The SMILES string of the molecule is O=C(O)CNCOOCc1ccccc1.